The summed E-state index contributed by atoms with van der Waals surface area (Å²) in [6.45, 7) is 5.89. The first-order chi connectivity index (χ1) is 16.0. The number of carbonyl (C=O) groups excluding carboxylic acids is 2. The van der Waals surface area contributed by atoms with Crippen LogP contribution in [0.1, 0.15) is 45.6 Å². The molecule has 7 nitrogen and oxygen atoms in total. The Kier molecular flexibility index (Phi) is 10.0. The Hall–Kier alpha value is -2.94. The maximum Gasteiger partial charge on any atom is 0.242 e. The number of sulfonamides is 1. The summed E-state index contributed by atoms with van der Waals surface area (Å²) in [4.78, 5) is 27.5. The molecule has 2 aromatic rings. The largest absolute Gasteiger partial charge is 0.352 e. The summed E-state index contributed by atoms with van der Waals surface area (Å²) in [5, 5.41) is 2.92. The quantitative estimate of drug-likeness (QED) is 0.491. The van der Waals surface area contributed by atoms with Crippen LogP contribution in [0.5, 0.6) is 0 Å². The zero-order valence-electron chi connectivity index (χ0n) is 20.2. The van der Waals surface area contributed by atoms with Crippen molar-refractivity contribution in [2.75, 3.05) is 17.1 Å². The Morgan fingerprint density at radius 3 is 2.21 bits per heavy atom. The third-order valence-corrected chi connectivity index (χ3v) is 6.82. The molecule has 0 saturated heterocycles. The summed E-state index contributed by atoms with van der Waals surface area (Å²) in [5.74, 6) is -0.945. The standard InChI is InChI=1S/C25H34FN3O4S/c1-5-19(2)27-25(31)20(3)28(18-21-10-7-6-8-11-21)24(30)12-9-17-29(34(4,32)33)23-15-13-22(26)14-16-23/h6-8,10-11,13-16,19-20H,5,9,12,17-18H2,1-4H3,(H,27,31)/t19-,20-/m0/s1. The van der Waals surface area contributed by atoms with Crippen molar-refractivity contribution in [3.05, 3.63) is 66.0 Å². The van der Waals surface area contributed by atoms with Crippen LogP contribution in [0.2, 0.25) is 0 Å². The number of carbonyl (C=O) groups is 2. The fourth-order valence-electron chi connectivity index (χ4n) is 3.44. The number of nitrogens with zero attached hydrogens (tertiary/aromatic N) is 2. The summed E-state index contributed by atoms with van der Waals surface area (Å²) < 4.78 is 39.0. The minimum atomic E-state index is -3.62. The third kappa shape index (κ3) is 8.13. The maximum absolute atomic E-state index is 13.3. The second-order valence-corrected chi connectivity index (χ2v) is 10.3. The first-order valence-electron chi connectivity index (χ1n) is 11.4. The van der Waals surface area contributed by atoms with Crippen LogP contribution >= 0.6 is 0 Å². The molecule has 0 unspecified atom stereocenters. The number of rotatable bonds is 12. The van der Waals surface area contributed by atoms with E-state index < -0.39 is 21.9 Å². The molecule has 2 atom stereocenters. The van der Waals surface area contributed by atoms with Crippen molar-refractivity contribution in [1.29, 1.82) is 0 Å². The predicted octanol–water partition coefficient (Wildman–Crippen LogP) is 3.70. The minimum absolute atomic E-state index is 0.0114. The highest BCUT2D eigenvalue weighted by molar-refractivity contribution is 7.92. The van der Waals surface area contributed by atoms with E-state index in [1.165, 1.54) is 29.2 Å². The number of hydrogen-bond acceptors (Lipinski definition) is 4. The van der Waals surface area contributed by atoms with Gasteiger partial charge in [0.05, 0.1) is 11.9 Å². The molecule has 2 amide bonds. The molecule has 0 radical (unpaired) electrons. The molecule has 0 aliphatic rings. The van der Waals surface area contributed by atoms with Crippen LogP contribution in [-0.2, 0) is 26.2 Å². The molecule has 0 aliphatic carbocycles. The van der Waals surface area contributed by atoms with Gasteiger partial charge in [0.25, 0.3) is 0 Å². The molecular weight excluding hydrogens is 457 g/mol. The van der Waals surface area contributed by atoms with Gasteiger partial charge in [0, 0.05) is 25.6 Å². The average molecular weight is 492 g/mol. The van der Waals surface area contributed by atoms with Gasteiger partial charge in [0.1, 0.15) is 11.9 Å². The molecule has 0 aliphatic heterocycles. The van der Waals surface area contributed by atoms with Crippen LogP contribution in [-0.4, -0.2) is 50.0 Å². The lowest BCUT2D eigenvalue weighted by molar-refractivity contribution is -0.140. The van der Waals surface area contributed by atoms with Crippen LogP contribution in [0.15, 0.2) is 54.6 Å². The highest BCUT2D eigenvalue weighted by Crippen LogP contribution is 2.19. The second kappa shape index (κ2) is 12.5. The molecule has 34 heavy (non-hydrogen) atoms. The van der Waals surface area contributed by atoms with Gasteiger partial charge in [-0.05, 0) is 56.5 Å². The average Bonchev–Trinajstić information content (AvgIpc) is 2.80. The molecule has 0 fully saturated rings. The first kappa shape index (κ1) is 27.3. The number of hydrogen-bond donors (Lipinski definition) is 1. The van der Waals surface area contributed by atoms with Crippen LogP contribution in [0.4, 0.5) is 10.1 Å². The van der Waals surface area contributed by atoms with Crippen molar-refractivity contribution in [1.82, 2.24) is 10.2 Å². The van der Waals surface area contributed by atoms with Gasteiger partial charge >= 0.3 is 0 Å². The lowest BCUT2D eigenvalue weighted by Crippen LogP contribution is -2.49. The smallest absolute Gasteiger partial charge is 0.242 e. The lowest BCUT2D eigenvalue weighted by atomic mass is 10.1. The third-order valence-electron chi connectivity index (χ3n) is 5.63. The Bertz CT molecular complexity index is 1050. The van der Waals surface area contributed by atoms with Gasteiger partial charge in [-0.3, -0.25) is 13.9 Å². The Morgan fingerprint density at radius 2 is 1.65 bits per heavy atom. The molecule has 186 valence electrons. The van der Waals surface area contributed by atoms with Crippen LogP contribution in [0, 0.1) is 5.82 Å². The molecule has 0 spiro atoms. The number of halogens is 1. The zero-order valence-corrected chi connectivity index (χ0v) is 21.0. The highest BCUT2D eigenvalue weighted by Gasteiger charge is 2.27. The van der Waals surface area contributed by atoms with Gasteiger partial charge in [-0.1, -0.05) is 37.3 Å². The van der Waals surface area contributed by atoms with Gasteiger partial charge in [-0.25, -0.2) is 12.8 Å². The lowest BCUT2D eigenvalue weighted by Gasteiger charge is -2.30. The normalized spacial score (nSPS) is 13.1. The van der Waals surface area contributed by atoms with E-state index in [2.05, 4.69) is 5.32 Å². The van der Waals surface area contributed by atoms with E-state index in [1.54, 1.807) is 6.92 Å². The van der Waals surface area contributed by atoms with Crippen molar-refractivity contribution >= 4 is 27.5 Å². The van der Waals surface area contributed by atoms with Gasteiger partial charge in [-0.2, -0.15) is 0 Å². The first-order valence-corrected chi connectivity index (χ1v) is 13.2. The predicted molar refractivity (Wildman–Crippen MR) is 132 cm³/mol. The summed E-state index contributed by atoms with van der Waals surface area (Å²) >= 11 is 0. The summed E-state index contributed by atoms with van der Waals surface area (Å²) in [6.07, 6.45) is 2.15. The van der Waals surface area contributed by atoms with Crippen LogP contribution < -0.4 is 9.62 Å². The SMILES string of the molecule is CC[C@H](C)NC(=O)[C@H](C)N(Cc1ccccc1)C(=O)CCCN(c1ccc(F)cc1)S(C)(=O)=O. The molecule has 1 N–H and O–H groups in total. The van der Waals surface area contributed by atoms with E-state index in [-0.39, 0.29) is 43.8 Å². The van der Waals surface area contributed by atoms with Crippen molar-refractivity contribution < 1.29 is 22.4 Å². The Labute approximate surface area is 202 Å². The molecular formula is C25H34FN3O4S. The summed E-state index contributed by atoms with van der Waals surface area (Å²) in [5.41, 5.74) is 1.22. The second-order valence-electron chi connectivity index (χ2n) is 8.42. The van der Waals surface area contributed by atoms with Crippen LogP contribution in [0.3, 0.4) is 0 Å². The van der Waals surface area contributed by atoms with Crippen LogP contribution in [0.25, 0.3) is 0 Å². The molecule has 2 aromatic carbocycles. The van der Waals surface area contributed by atoms with Crippen molar-refractivity contribution in [3.8, 4) is 0 Å². The van der Waals surface area contributed by atoms with E-state index in [9.17, 15) is 22.4 Å². The number of benzene rings is 2. The zero-order chi connectivity index (χ0) is 25.3. The van der Waals surface area contributed by atoms with E-state index in [1.807, 2.05) is 44.2 Å². The Balaban J connectivity index is 2.13. The van der Waals surface area contributed by atoms with Gasteiger partial charge in [0.15, 0.2) is 0 Å². The molecule has 0 aromatic heterocycles. The molecule has 0 bridgehead atoms. The molecule has 0 heterocycles. The van der Waals surface area contributed by atoms with E-state index in [0.717, 1.165) is 22.5 Å². The molecule has 9 heteroatoms. The van der Waals surface area contributed by atoms with E-state index in [0.29, 0.717) is 5.69 Å². The van der Waals surface area contributed by atoms with Gasteiger partial charge in [0.2, 0.25) is 21.8 Å². The van der Waals surface area contributed by atoms with Crippen molar-refractivity contribution in [2.24, 2.45) is 0 Å². The number of nitrogens with one attached hydrogen (secondary N) is 1. The van der Waals surface area contributed by atoms with E-state index in [4.69, 9.17) is 0 Å². The molecule has 0 saturated carbocycles. The van der Waals surface area contributed by atoms with Crippen molar-refractivity contribution in [2.45, 2.75) is 58.7 Å². The fraction of sp³-hybridized carbons (Fsp3) is 0.440. The summed E-state index contributed by atoms with van der Waals surface area (Å²) in [7, 11) is -3.62. The monoisotopic (exact) mass is 491 g/mol. The summed E-state index contributed by atoms with van der Waals surface area (Å²) in [6, 6.07) is 13.9. The topological polar surface area (TPSA) is 86.8 Å². The van der Waals surface area contributed by atoms with Crippen molar-refractivity contribution in [3.63, 3.8) is 0 Å². The van der Waals surface area contributed by atoms with E-state index >= 15 is 0 Å². The number of anilines is 1. The number of amides is 2. The fourth-order valence-corrected chi connectivity index (χ4v) is 4.40. The highest BCUT2D eigenvalue weighted by atomic mass is 32.2. The van der Waals surface area contributed by atoms with Gasteiger partial charge in [-0.15, -0.1) is 0 Å². The maximum atomic E-state index is 13.3. The Morgan fingerprint density at radius 1 is 1.03 bits per heavy atom. The van der Waals surface area contributed by atoms with Gasteiger partial charge < -0.3 is 10.2 Å². The minimum Gasteiger partial charge on any atom is -0.352 e. The molecule has 2 rings (SSSR count).